The van der Waals surface area contributed by atoms with Crippen molar-refractivity contribution in [1.82, 2.24) is 19.9 Å². The monoisotopic (exact) mass is 378 g/mol. The summed E-state index contributed by atoms with van der Waals surface area (Å²) >= 11 is 0. The molecule has 5 heteroatoms. The van der Waals surface area contributed by atoms with Crippen LogP contribution in [0.25, 0.3) is 22.1 Å². The Kier molecular flexibility index (Phi) is 4.26. The quantitative estimate of drug-likeness (QED) is 0.582. The fourth-order valence-electron chi connectivity index (χ4n) is 3.44. The molecule has 2 N–H and O–H groups in total. The number of H-pyrrole nitrogens is 2. The number of hydrogen-bond acceptors (Lipinski definition) is 2. The average Bonchev–Trinajstić information content (AvgIpc) is 3.32. The first-order valence-electron chi connectivity index (χ1n) is 8.44. The van der Waals surface area contributed by atoms with Gasteiger partial charge in [0.05, 0.1) is 0 Å². The number of nitrogens with one attached hydrogen (secondary N) is 2. The molecule has 0 fully saturated rings. The summed E-state index contributed by atoms with van der Waals surface area (Å²) in [5, 5.41) is 0. The molecule has 5 heterocycles. The molecule has 25 heavy (non-hydrogen) atoms. The van der Waals surface area contributed by atoms with Gasteiger partial charge in [-0.1, -0.05) is 0 Å². The van der Waals surface area contributed by atoms with Crippen molar-refractivity contribution < 1.29 is 19.5 Å². The van der Waals surface area contributed by atoms with Crippen molar-refractivity contribution in [2.24, 2.45) is 0 Å². The summed E-state index contributed by atoms with van der Waals surface area (Å²) in [4.78, 5) is 16.4. The van der Waals surface area contributed by atoms with Gasteiger partial charge in [0.25, 0.3) is 0 Å². The molecule has 2 aliphatic rings. The van der Waals surface area contributed by atoms with Gasteiger partial charge in [0.1, 0.15) is 0 Å². The average molecular weight is 380 g/mol. The molecule has 0 aromatic carbocycles. The maximum Gasteiger partial charge on any atom is 0.0431 e. The number of nitrogens with zero attached hydrogens (tertiary/aromatic N) is 2. The van der Waals surface area contributed by atoms with Crippen LogP contribution in [0, 0.1) is 0 Å². The van der Waals surface area contributed by atoms with Crippen molar-refractivity contribution >= 4 is 22.1 Å². The van der Waals surface area contributed by atoms with Gasteiger partial charge < -0.3 is 9.97 Å². The van der Waals surface area contributed by atoms with E-state index in [0.29, 0.717) is 0 Å². The van der Waals surface area contributed by atoms with Crippen molar-refractivity contribution in [3.8, 4) is 0 Å². The van der Waals surface area contributed by atoms with Crippen LogP contribution >= 0.6 is 0 Å². The SMILES string of the molecule is [Zn].c1cc2cc3nc(cc4ccc(cc5nc(cc1[nH]2)CC5)[nH]4)CC3. The molecule has 0 atom stereocenters. The smallest absolute Gasteiger partial charge is 0.0431 e. The van der Waals surface area contributed by atoms with E-state index < -0.39 is 0 Å². The van der Waals surface area contributed by atoms with Crippen molar-refractivity contribution in [2.45, 2.75) is 25.7 Å². The maximum absolute atomic E-state index is 4.76. The van der Waals surface area contributed by atoms with Gasteiger partial charge in [-0.15, -0.1) is 0 Å². The molecule has 0 unspecified atom stereocenters. The second-order valence-corrected chi connectivity index (χ2v) is 6.50. The summed E-state index contributed by atoms with van der Waals surface area (Å²) in [6.07, 6.45) is 3.98. The minimum atomic E-state index is 0. The molecular formula is C20H18N4Zn. The Hall–Kier alpha value is -2.26. The van der Waals surface area contributed by atoms with Crippen molar-refractivity contribution in [3.63, 3.8) is 0 Å². The van der Waals surface area contributed by atoms with Crippen LogP contribution in [0.5, 0.6) is 0 Å². The number of rotatable bonds is 0. The molecule has 8 bridgehead atoms. The fourth-order valence-corrected chi connectivity index (χ4v) is 3.44. The van der Waals surface area contributed by atoms with Gasteiger partial charge in [0.15, 0.2) is 0 Å². The van der Waals surface area contributed by atoms with Gasteiger partial charge in [-0.25, -0.2) is 0 Å². The fraction of sp³-hybridized carbons (Fsp3) is 0.200. The van der Waals surface area contributed by atoms with E-state index in [2.05, 4.69) is 58.5 Å². The molecule has 0 amide bonds. The predicted octanol–water partition coefficient (Wildman–Crippen LogP) is 3.88. The van der Waals surface area contributed by atoms with Crippen LogP contribution in [-0.2, 0) is 45.2 Å². The molecule has 0 spiro atoms. The summed E-state index contributed by atoms with van der Waals surface area (Å²) in [5.41, 5.74) is 8.94. The van der Waals surface area contributed by atoms with Crippen LogP contribution in [0.2, 0.25) is 0 Å². The normalized spacial score (nSPS) is 13.4. The number of hydrogen-bond donors (Lipinski definition) is 2. The van der Waals surface area contributed by atoms with E-state index in [1.807, 2.05) is 0 Å². The summed E-state index contributed by atoms with van der Waals surface area (Å²) in [6, 6.07) is 17.0. The molecule has 3 aromatic rings. The topological polar surface area (TPSA) is 57.4 Å². The first-order valence-corrected chi connectivity index (χ1v) is 8.44. The first-order chi connectivity index (χ1) is 11.8. The number of aromatic amines is 2. The van der Waals surface area contributed by atoms with Crippen LogP contribution < -0.4 is 0 Å². The third kappa shape index (κ3) is 3.43. The van der Waals surface area contributed by atoms with Crippen LogP contribution in [0.15, 0.2) is 48.5 Å². The molecule has 0 radical (unpaired) electrons. The van der Waals surface area contributed by atoms with Gasteiger partial charge >= 0.3 is 0 Å². The summed E-state index contributed by atoms with van der Waals surface area (Å²) in [7, 11) is 0. The number of fused-ring (bicyclic) bond motifs is 8. The van der Waals surface area contributed by atoms with Crippen molar-refractivity contribution in [1.29, 1.82) is 0 Å². The van der Waals surface area contributed by atoms with Crippen LogP contribution in [-0.4, -0.2) is 19.9 Å². The molecule has 2 aliphatic heterocycles. The predicted molar refractivity (Wildman–Crippen MR) is 95.8 cm³/mol. The third-order valence-corrected chi connectivity index (χ3v) is 4.60. The van der Waals surface area contributed by atoms with E-state index in [-0.39, 0.29) is 19.5 Å². The zero-order chi connectivity index (χ0) is 15.9. The van der Waals surface area contributed by atoms with Crippen molar-refractivity contribution in [3.05, 3.63) is 71.3 Å². The Labute approximate surface area is 158 Å². The molecule has 3 aromatic heterocycles. The van der Waals surface area contributed by atoms with Crippen molar-refractivity contribution in [2.75, 3.05) is 0 Å². The Morgan fingerprint density at radius 3 is 1.08 bits per heavy atom. The number of aryl methyl sites for hydroxylation is 4. The van der Waals surface area contributed by atoms with E-state index in [1.165, 1.54) is 0 Å². The van der Waals surface area contributed by atoms with Gasteiger partial charge in [0.2, 0.25) is 0 Å². The molecule has 0 aliphatic carbocycles. The third-order valence-electron chi connectivity index (χ3n) is 4.60. The second kappa shape index (κ2) is 6.57. The molecule has 4 nitrogen and oxygen atoms in total. The summed E-state index contributed by atoms with van der Waals surface area (Å²) in [5.74, 6) is 0. The van der Waals surface area contributed by atoms with Gasteiger partial charge in [0, 0.05) is 64.3 Å². The van der Waals surface area contributed by atoms with E-state index in [0.717, 1.165) is 70.5 Å². The van der Waals surface area contributed by atoms with E-state index in [9.17, 15) is 0 Å². The van der Waals surface area contributed by atoms with E-state index >= 15 is 0 Å². The first kappa shape index (κ1) is 16.2. The van der Waals surface area contributed by atoms with Gasteiger partial charge in [-0.2, -0.15) is 0 Å². The zero-order valence-corrected chi connectivity index (χ0v) is 17.0. The summed E-state index contributed by atoms with van der Waals surface area (Å²) < 4.78 is 0. The van der Waals surface area contributed by atoms with Crippen LogP contribution in [0.1, 0.15) is 22.8 Å². The molecular weight excluding hydrogens is 362 g/mol. The second-order valence-electron chi connectivity index (χ2n) is 6.50. The molecule has 5 rings (SSSR count). The maximum atomic E-state index is 4.76. The molecule has 120 valence electrons. The van der Waals surface area contributed by atoms with Crippen LogP contribution in [0.4, 0.5) is 0 Å². The Bertz CT molecular complexity index is 913. The van der Waals surface area contributed by atoms with E-state index in [4.69, 9.17) is 9.97 Å². The summed E-state index contributed by atoms with van der Waals surface area (Å²) in [6.45, 7) is 0. The zero-order valence-electron chi connectivity index (χ0n) is 14.0. The Morgan fingerprint density at radius 1 is 0.520 bits per heavy atom. The van der Waals surface area contributed by atoms with Crippen LogP contribution in [0.3, 0.4) is 0 Å². The minimum Gasteiger partial charge on any atom is -0.355 e. The standard InChI is InChI=1S/C20H18N4.Zn/c1-2-14-10-16-5-6-18(23-16)12-20-8-7-19(24-20)11-17-4-3-15(22-17)9-13(1)21-14;/h1-2,7-12,21,24H,3-6H2;. The van der Waals surface area contributed by atoms with E-state index in [1.54, 1.807) is 0 Å². The Balaban J connectivity index is 0.00000157. The molecule has 0 saturated heterocycles. The largest absolute Gasteiger partial charge is 0.355 e. The van der Waals surface area contributed by atoms with Gasteiger partial charge in [-0.3, -0.25) is 9.97 Å². The molecule has 0 saturated carbocycles. The Morgan fingerprint density at radius 2 is 0.800 bits per heavy atom. The number of aromatic nitrogens is 4. The van der Waals surface area contributed by atoms with Gasteiger partial charge in [-0.05, 0) is 74.2 Å². The minimum absolute atomic E-state index is 0.